The standard InChI is InChI=1S/C18H20F3NO2/c19-18(20,21)14-6-4-5-13(9-14)12-22-15(23)10-17(11-16(22)24)7-2-1-3-8-17/h4-6,9H,1-3,7-8,10-12H2. The van der Waals surface area contributed by atoms with Gasteiger partial charge in [0.15, 0.2) is 0 Å². The Balaban J connectivity index is 1.74. The van der Waals surface area contributed by atoms with Crippen molar-refractivity contribution in [3.05, 3.63) is 35.4 Å². The summed E-state index contributed by atoms with van der Waals surface area (Å²) >= 11 is 0. The van der Waals surface area contributed by atoms with Crippen molar-refractivity contribution in [2.45, 2.75) is 57.7 Å². The fourth-order valence-electron chi connectivity index (χ4n) is 3.89. The smallest absolute Gasteiger partial charge is 0.278 e. The van der Waals surface area contributed by atoms with Crippen LogP contribution >= 0.6 is 0 Å². The molecule has 1 saturated carbocycles. The van der Waals surface area contributed by atoms with Crippen LogP contribution < -0.4 is 0 Å². The van der Waals surface area contributed by atoms with Gasteiger partial charge in [-0.25, -0.2) is 0 Å². The number of likely N-dealkylation sites (tertiary alicyclic amines) is 1. The van der Waals surface area contributed by atoms with Gasteiger partial charge in [-0.05, 0) is 36.0 Å². The second kappa shape index (κ2) is 6.22. The molecule has 0 N–H and O–H groups in total. The third kappa shape index (κ3) is 3.47. The lowest BCUT2D eigenvalue weighted by atomic mass is 9.67. The van der Waals surface area contributed by atoms with Gasteiger partial charge < -0.3 is 0 Å². The molecule has 0 bridgehead atoms. The van der Waals surface area contributed by atoms with Gasteiger partial charge in [0, 0.05) is 12.8 Å². The number of alkyl halides is 3. The molecule has 1 aromatic carbocycles. The van der Waals surface area contributed by atoms with Gasteiger partial charge in [0.25, 0.3) is 0 Å². The molecule has 2 amide bonds. The lowest BCUT2D eigenvalue weighted by molar-refractivity contribution is -0.155. The quantitative estimate of drug-likeness (QED) is 0.753. The third-order valence-electron chi connectivity index (χ3n) is 5.16. The molecule has 1 aliphatic heterocycles. The highest BCUT2D eigenvalue weighted by molar-refractivity contribution is 5.98. The summed E-state index contributed by atoms with van der Waals surface area (Å²) in [5.41, 5.74) is -0.650. The Bertz CT molecular complexity index is 628. The van der Waals surface area contributed by atoms with Crippen LogP contribution in [0.3, 0.4) is 0 Å². The van der Waals surface area contributed by atoms with Crippen LogP contribution in [0.25, 0.3) is 0 Å². The monoisotopic (exact) mass is 339 g/mol. The van der Waals surface area contributed by atoms with Crippen molar-refractivity contribution < 1.29 is 22.8 Å². The predicted octanol–water partition coefficient (Wildman–Crippen LogP) is 4.30. The van der Waals surface area contributed by atoms with E-state index in [-0.39, 0.29) is 23.8 Å². The van der Waals surface area contributed by atoms with Gasteiger partial charge in [0.2, 0.25) is 11.8 Å². The van der Waals surface area contributed by atoms with Crippen LogP contribution in [0.4, 0.5) is 13.2 Å². The lowest BCUT2D eigenvalue weighted by Crippen LogP contribution is -2.48. The maximum atomic E-state index is 12.8. The van der Waals surface area contributed by atoms with Crippen molar-refractivity contribution in [1.82, 2.24) is 4.90 Å². The number of hydrogen-bond donors (Lipinski definition) is 0. The van der Waals surface area contributed by atoms with E-state index >= 15 is 0 Å². The predicted molar refractivity (Wildman–Crippen MR) is 81.8 cm³/mol. The molecule has 0 radical (unpaired) electrons. The third-order valence-corrected chi connectivity index (χ3v) is 5.16. The van der Waals surface area contributed by atoms with Gasteiger partial charge in [-0.1, -0.05) is 31.4 Å². The molecule has 0 unspecified atom stereocenters. The first-order chi connectivity index (χ1) is 11.3. The van der Waals surface area contributed by atoms with Crippen LogP contribution in [0, 0.1) is 5.41 Å². The van der Waals surface area contributed by atoms with Gasteiger partial charge in [0.1, 0.15) is 0 Å². The number of nitrogens with zero attached hydrogens (tertiary/aromatic N) is 1. The van der Waals surface area contributed by atoms with E-state index in [1.807, 2.05) is 0 Å². The highest BCUT2D eigenvalue weighted by Gasteiger charge is 2.44. The minimum absolute atomic E-state index is 0.0856. The highest BCUT2D eigenvalue weighted by Crippen LogP contribution is 2.45. The number of rotatable bonds is 2. The van der Waals surface area contributed by atoms with Crippen molar-refractivity contribution in [3.8, 4) is 0 Å². The first-order valence-electron chi connectivity index (χ1n) is 8.28. The van der Waals surface area contributed by atoms with Crippen LogP contribution in [0.15, 0.2) is 24.3 Å². The summed E-state index contributed by atoms with van der Waals surface area (Å²) in [6.45, 7) is -0.0856. The summed E-state index contributed by atoms with van der Waals surface area (Å²) in [4.78, 5) is 26.0. The Kier molecular flexibility index (Phi) is 4.40. The summed E-state index contributed by atoms with van der Waals surface area (Å²) in [5, 5.41) is 0. The maximum Gasteiger partial charge on any atom is 0.416 e. The Labute approximate surface area is 138 Å². The van der Waals surface area contributed by atoms with Crippen molar-refractivity contribution in [1.29, 1.82) is 0 Å². The molecule has 2 aliphatic rings. The molecule has 24 heavy (non-hydrogen) atoms. The zero-order chi connectivity index (χ0) is 17.4. The summed E-state index contributed by atoms with van der Waals surface area (Å²) in [6.07, 6.45) is 1.22. The van der Waals surface area contributed by atoms with E-state index < -0.39 is 11.7 Å². The molecule has 1 saturated heterocycles. The molecule has 1 heterocycles. The van der Waals surface area contributed by atoms with Gasteiger partial charge in [-0.3, -0.25) is 14.5 Å². The Morgan fingerprint density at radius 3 is 2.21 bits per heavy atom. The number of hydrogen-bond acceptors (Lipinski definition) is 2. The van der Waals surface area contributed by atoms with Gasteiger partial charge >= 0.3 is 6.18 Å². The van der Waals surface area contributed by atoms with E-state index in [1.165, 1.54) is 12.1 Å². The van der Waals surface area contributed by atoms with E-state index in [9.17, 15) is 22.8 Å². The van der Waals surface area contributed by atoms with Crippen molar-refractivity contribution in [2.75, 3.05) is 0 Å². The second-order valence-electron chi connectivity index (χ2n) is 6.99. The topological polar surface area (TPSA) is 37.4 Å². The number of imide groups is 1. The first kappa shape index (κ1) is 17.0. The number of benzene rings is 1. The zero-order valence-electron chi connectivity index (χ0n) is 13.4. The average molecular weight is 339 g/mol. The molecule has 1 spiro atoms. The molecule has 0 aromatic heterocycles. The number of piperidine rings is 1. The molecule has 130 valence electrons. The van der Waals surface area contributed by atoms with E-state index in [4.69, 9.17) is 0 Å². The summed E-state index contributed by atoms with van der Waals surface area (Å²) in [7, 11) is 0. The Hall–Kier alpha value is -1.85. The molecule has 2 fully saturated rings. The zero-order valence-corrected chi connectivity index (χ0v) is 13.4. The highest BCUT2D eigenvalue weighted by atomic mass is 19.4. The molecule has 1 aromatic rings. The first-order valence-corrected chi connectivity index (χ1v) is 8.28. The van der Waals surface area contributed by atoms with Crippen molar-refractivity contribution in [3.63, 3.8) is 0 Å². The van der Waals surface area contributed by atoms with Crippen LogP contribution in [0.1, 0.15) is 56.1 Å². The van der Waals surface area contributed by atoms with Crippen LogP contribution in [-0.2, 0) is 22.3 Å². The molecule has 3 nitrogen and oxygen atoms in total. The Morgan fingerprint density at radius 2 is 1.62 bits per heavy atom. The van der Waals surface area contributed by atoms with Crippen LogP contribution in [0.2, 0.25) is 0 Å². The summed E-state index contributed by atoms with van der Waals surface area (Å²) < 4.78 is 38.4. The fourth-order valence-corrected chi connectivity index (χ4v) is 3.89. The molecule has 1 aliphatic carbocycles. The normalized spacial score (nSPS) is 21.4. The van der Waals surface area contributed by atoms with Crippen LogP contribution in [0.5, 0.6) is 0 Å². The summed E-state index contributed by atoms with van der Waals surface area (Å²) in [6, 6.07) is 4.81. The maximum absolute atomic E-state index is 12.8. The van der Waals surface area contributed by atoms with Gasteiger partial charge in [-0.2, -0.15) is 13.2 Å². The molecular weight excluding hydrogens is 319 g/mol. The number of halogens is 3. The average Bonchev–Trinajstić information content (AvgIpc) is 2.51. The molecule has 3 rings (SSSR count). The van der Waals surface area contributed by atoms with Crippen molar-refractivity contribution >= 4 is 11.8 Å². The molecular formula is C18H20F3NO2. The van der Waals surface area contributed by atoms with Gasteiger partial charge in [-0.15, -0.1) is 0 Å². The number of amides is 2. The molecule has 6 heteroatoms. The van der Waals surface area contributed by atoms with Crippen LogP contribution in [-0.4, -0.2) is 16.7 Å². The number of carbonyl (C=O) groups is 2. The van der Waals surface area contributed by atoms with Crippen molar-refractivity contribution in [2.24, 2.45) is 5.41 Å². The number of carbonyl (C=O) groups excluding carboxylic acids is 2. The van der Waals surface area contributed by atoms with E-state index in [0.717, 1.165) is 49.1 Å². The van der Waals surface area contributed by atoms with E-state index in [2.05, 4.69) is 0 Å². The second-order valence-corrected chi connectivity index (χ2v) is 6.99. The van der Waals surface area contributed by atoms with E-state index in [0.29, 0.717) is 18.4 Å². The lowest BCUT2D eigenvalue weighted by Gasteiger charge is -2.42. The molecule has 0 atom stereocenters. The minimum atomic E-state index is -4.43. The minimum Gasteiger partial charge on any atom is -0.278 e. The summed E-state index contributed by atoms with van der Waals surface area (Å²) in [5.74, 6) is -0.517. The SMILES string of the molecule is O=C1CC2(CCCCC2)CC(=O)N1Cc1cccc(C(F)(F)F)c1. The van der Waals surface area contributed by atoms with Gasteiger partial charge in [0.05, 0.1) is 12.1 Å². The van der Waals surface area contributed by atoms with E-state index in [1.54, 1.807) is 0 Å². The Morgan fingerprint density at radius 1 is 1.00 bits per heavy atom. The largest absolute Gasteiger partial charge is 0.416 e. The fraction of sp³-hybridized carbons (Fsp3) is 0.556.